The summed E-state index contributed by atoms with van der Waals surface area (Å²) in [6.07, 6.45) is 4.99. The Kier molecular flexibility index (Phi) is 3.62. The summed E-state index contributed by atoms with van der Waals surface area (Å²) >= 11 is 0. The van der Waals surface area contributed by atoms with Crippen LogP contribution in [0.2, 0.25) is 0 Å². The van der Waals surface area contributed by atoms with Gasteiger partial charge in [-0.1, -0.05) is 45.4 Å². The van der Waals surface area contributed by atoms with Crippen molar-refractivity contribution in [3.63, 3.8) is 0 Å². The molecule has 0 bridgehead atoms. The zero-order valence-electron chi connectivity index (χ0n) is 14.3. The number of carboxylic acids is 1. The van der Waals surface area contributed by atoms with Crippen molar-refractivity contribution in [2.75, 3.05) is 0 Å². The molecule has 0 heterocycles. The molecule has 120 valence electrons. The van der Waals surface area contributed by atoms with Crippen LogP contribution in [0.25, 0.3) is 0 Å². The van der Waals surface area contributed by atoms with Gasteiger partial charge in [0.15, 0.2) is 0 Å². The molecule has 1 saturated carbocycles. The van der Waals surface area contributed by atoms with E-state index in [1.165, 1.54) is 16.7 Å². The number of hydrogen-bond donors (Lipinski definition) is 1. The fraction of sp³-hybridized carbons (Fsp3) is 0.650. The SMILES string of the molecule is CC(C)c1ccc2c(c1)CCC1[C@](C)(C(=O)O)CCC[C@@]21C. The summed E-state index contributed by atoms with van der Waals surface area (Å²) in [7, 11) is 0. The average molecular weight is 300 g/mol. The smallest absolute Gasteiger partial charge is 0.309 e. The van der Waals surface area contributed by atoms with Gasteiger partial charge >= 0.3 is 5.97 Å². The molecule has 0 saturated heterocycles. The normalized spacial score (nSPS) is 34.1. The van der Waals surface area contributed by atoms with E-state index in [2.05, 4.69) is 39.0 Å². The van der Waals surface area contributed by atoms with Gasteiger partial charge in [-0.3, -0.25) is 4.79 Å². The fourth-order valence-electron chi connectivity index (χ4n) is 5.13. The molecule has 3 rings (SSSR count). The molecule has 22 heavy (non-hydrogen) atoms. The van der Waals surface area contributed by atoms with E-state index in [-0.39, 0.29) is 11.3 Å². The quantitative estimate of drug-likeness (QED) is 0.843. The lowest BCUT2D eigenvalue weighted by Gasteiger charge is -2.53. The molecule has 0 aliphatic heterocycles. The van der Waals surface area contributed by atoms with Crippen LogP contribution in [0.15, 0.2) is 18.2 Å². The van der Waals surface area contributed by atoms with Gasteiger partial charge in [-0.05, 0) is 66.5 Å². The van der Waals surface area contributed by atoms with Crippen molar-refractivity contribution in [3.05, 3.63) is 34.9 Å². The van der Waals surface area contributed by atoms with Gasteiger partial charge < -0.3 is 5.11 Å². The van der Waals surface area contributed by atoms with Crippen LogP contribution >= 0.6 is 0 Å². The van der Waals surface area contributed by atoms with Crippen LogP contribution in [0, 0.1) is 11.3 Å². The van der Waals surface area contributed by atoms with E-state index in [4.69, 9.17) is 0 Å². The Bertz CT molecular complexity index is 604. The monoisotopic (exact) mass is 300 g/mol. The number of fused-ring (bicyclic) bond motifs is 3. The van der Waals surface area contributed by atoms with Crippen LogP contribution in [0.5, 0.6) is 0 Å². The Morgan fingerprint density at radius 3 is 2.64 bits per heavy atom. The Morgan fingerprint density at radius 2 is 2.00 bits per heavy atom. The molecule has 0 spiro atoms. The van der Waals surface area contributed by atoms with E-state index < -0.39 is 11.4 Å². The maximum Gasteiger partial charge on any atom is 0.309 e. The maximum atomic E-state index is 11.9. The van der Waals surface area contributed by atoms with Crippen molar-refractivity contribution in [2.45, 2.75) is 71.1 Å². The second-order valence-corrected chi connectivity index (χ2v) is 8.16. The highest BCUT2D eigenvalue weighted by Crippen LogP contribution is 2.57. The minimum absolute atomic E-state index is 0.0223. The first-order valence-corrected chi connectivity index (χ1v) is 8.66. The molecule has 2 heteroatoms. The molecule has 0 aromatic heterocycles. The van der Waals surface area contributed by atoms with Crippen LogP contribution in [-0.4, -0.2) is 11.1 Å². The molecular formula is C20H28O2. The summed E-state index contributed by atoms with van der Waals surface area (Å²) in [5, 5.41) is 9.82. The van der Waals surface area contributed by atoms with Gasteiger partial charge in [0.2, 0.25) is 0 Å². The summed E-state index contributed by atoms with van der Waals surface area (Å²) in [4.78, 5) is 11.9. The highest BCUT2D eigenvalue weighted by molar-refractivity contribution is 5.75. The van der Waals surface area contributed by atoms with Crippen LogP contribution in [0.3, 0.4) is 0 Å². The molecule has 1 N–H and O–H groups in total. The summed E-state index contributed by atoms with van der Waals surface area (Å²) in [5.74, 6) is 0.195. The fourth-order valence-corrected chi connectivity index (χ4v) is 5.13. The minimum atomic E-state index is -0.606. The molecule has 2 nitrogen and oxygen atoms in total. The van der Waals surface area contributed by atoms with Crippen molar-refractivity contribution in [1.29, 1.82) is 0 Å². The molecule has 2 aliphatic rings. The van der Waals surface area contributed by atoms with Crippen molar-refractivity contribution < 1.29 is 9.90 Å². The molecule has 1 unspecified atom stereocenters. The number of rotatable bonds is 2. The number of aryl methyl sites for hydroxylation is 1. The van der Waals surface area contributed by atoms with Crippen LogP contribution < -0.4 is 0 Å². The highest BCUT2D eigenvalue weighted by Gasteiger charge is 2.55. The first kappa shape index (κ1) is 15.6. The van der Waals surface area contributed by atoms with Gasteiger partial charge in [-0.2, -0.15) is 0 Å². The van der Waals surface area contributed by atoms with Crippen LogP contribution in [0.4, 0.5) is 0 Å². The van der Waals surface area contributed by atoms with E-state index in [9.17, 15) is 9.90 Å². The minimum Gasteiger partial charge on any atom is -0.481 e. The van der Waals surface area contributed by atoms with Crippen LogP contribution in [0.1, 0.15) is 76.0 Å². The summed E-state index contributed by atoms with van der Waals surface area (Å²) in [5.41, 5.74) is 3.73. The van der Waals surface area contributed by atoms with Gasteiger partial charge in [0, 0.05) is 0 Å². The number of carbonyl (C=O) groups is 1. The highest BCUT2D eigenvalue weighted by atomic mass is 16.4. The average Bonchev–Trinajstić information content (AvgIpc) is 2.46. The predicted molar refractivity (Wildman–Crippen MR) is 89.3 cm³/mol. The zero-order chi connectivity index (χ0) is 16.1. The second kappa shape index (κ2) is 5.11. The number of hydrogen-bond acceptors (Lipinski definition) is 1. The van der Waals surface area contributed by atoms with Crippen molar-refractivity contribution in [1.82, 2.24) is 0 Å². The lowest BCUT2D eigenvalue weighted by molar-refractivity contribution is -0.157. The van der Waals surface area contributed by atoms with Crippen molar-refractivity contribution in [2.24, 2.45) is 11.3 Å². The molecular weight excluding hydrogens is 272 g/mol. The Hall–Kier alpha value is -1.31. The number of aliphatic carboxylic acids is 1. The zero-order valence-corrected chi connectivity index (χ0v) is 14.3. The van der Waals surface area contributed by atoms with E-state index >= 15 is 0 Å². The van der Waals surface area contributed by atoms with E-state index in [0.717, 1.165) is 32.1 Å². The van der Waals surface area contributed by atoms with Gasteiger partial charge in [-0.15, -0.1) is 0 Å². The largest absolute Gasteiger partial charge is 0.481 e. The maximum absolute atomic E-state index is 11.9. The van der Waals surface area contributed by atoms with E-state index in [0.29, 0.717) is 5.92 Å². The molecule has 1 aromatic rings. The third kappa shape index (κ3) is 2.11. The first-order valence-electron chi connectivity index (χ1n) is 8.66. The summed E-state index contributed by atoms with van der Waals surface area (Å²) < 4.78 is 0. The van der Waals surface area contributed by atoms with Gasteiger partial charge in [0.05, 0.1) is 5.41 Å². The van der Waals surface area contributed by atoms with Crippen molar-refractivity contribution >= 4 is 5.97 Å². The lowest BCUT2D eigenvalue weighted by Crippen LogP contribution is -2.52. The standard InChI is InChI=1S/C20H28O2/c1-13(2)14-6-8-16-15(12-14)7-9-17-19(16,3)10-5-11-20(17,4)18(21)22/h6,8,12-13,17H,5,7,9-11H2,1-4H3,(H,21,22)/t17?,19-,20+/m0/s1. The summed E-state index contributed by atoms with van der Waals surface area (Å²) in [6, 6.07) is 6.92. The van der Waals surface area contributed by atoms with Gasteiger partial charge in [-0.25, -0.2) is 0 Å². The molecule has 3 atom stereocenters. The third-order valence-electron chi connectivity index (χ3n) is 6.53. The number of carboxylic acid groups (broad SMARTS) is 1. The summed E-state index contributed by atoms with van der Waals surface area (Å²) in [6.45, 7) is 8.75. The molecule has 1 fully saturated rings. The van der Waals surface area contributed by atoms with Crippen molar-refractivity contribution in [3.8, 4) is 0 Å². The van der Waals surface area contributed by atoms with Crippen LogP contribution in [-0.2, 0) is 16.6 Å². The Balaban J connectivity index is 2.08. The Morgan fingerprint density at radius 1 is 1.27 bits per heavy atom. The molecule has 0 radical (unpaired) electrons. The van der Waals surface area contributed by atoms with E-state index in [1.54, 1.807) is 0 Å². The van der Waals surface area contributed by atoms with Gasteiger partial charge in [0.1, 0.15) is 0 Å². The van der Waals surface area contributed by atoms with Gasteiger partial charge in [0.25, 0.3) is 0 Å². The van der Waals surface area contributed by atoms with E-state index in [1.807, 2.05) is 6.92 Å². The molecule has 1 aromatic carbocycles. The lowest BCUT2D eigenvalue weighted by atomic mass is 9.50. The molecule has 2 aliphatic carbocycles. The second-order valence-electron chi connectivity index (χ2n) is 8.16. The predicted octanol–water partition coefficient (Wildman–Crippen LogP) is 4.90. The Labute approximate surface area is 133 Å². The first-order chi connectivity index (χ1) is 10.3. The molecule has 0 amide bonds. The number of benzene rings is 1. The third-order valence-corrected chi connectivity index (χ3v) is 6.53. The topological polar surface area (TPSA) is 37.3 Å².